The molecule has 1 aliphatic rings. The zero-order valence-electron chi connectivity index (χ0n) is 19.0. The molecular weight excluding hydrogens is 465 g/mol. The Kier molecular flexibility index (Phi) is 6.83. The molecule has 0 bridgehead atoms. The van der Waals surface area contributed by atoms with E-state index in [1.165, 1.54) is 19.1 Å². The lowest BCUT2D eigenvalue weighted by molar-refractivity contribution is -0.119. The number of nitrogens with one attached hydrogen (secondary N) is 2. The Bertz CT molecular complexity index is 1210. The number of halogens is 3. The maximum atomic E-state index is 12.8. The predicted octanol–water partition coefficient (Wildman–Crippen LogP) is 4.83. The summed E-state index contributed by atoms with van der Waals surface area (Å²) in [6.45, 7) is 6.59. The largest absolute Gasteiger partial charge is 0.446 e. The zero-order valence-corrected chi connectivity index (χ0v) is 19.8. The summed E-state index contributed by atoms with van der Waals surface area (Å²) in [6.07, 6.45) is 2.53. The number of anilines is 2. The molecule has 3 aromatic rings. The first-order valence-corrected chi connectivity index (χ1v) is 11.7. The minimum Gasteiger partial charge on any atom is -0.363 e. The molecule has 34 heavy (non-hydrogen) atoms. The van der Waals surface area contributed by atoms with Gasteiger partial charge in [-0.05, 0) is 55.8 Å². The van der Waals surface area contributed by atoms with Crippen LogP contribution in [0.1, 0.15) is 37.7 Å². The van der Waals surface area contributed by atoms with E-state index < -0.39 is 5.51 Å². The van der Waals surface area contributed by atoms with Gasteiger partial charge in [0.25, 0.3) is 0 Å². The fourth-order valence-corrected chi connectivity index (χ4v) is 4.67. The third kappa shape index (κ3) is 5.88. The smallest absolute Gasteiger partial charge is 0.363 e. The summed E-state index contributed by atoms with van der Waals surface area (Å²) in [5.74, 6) is 1.85. The van der Waals surface area contributed by atoms with E-state index in [-0.39, 0.29) is 34.6 Å². The number of benzene rings is 1. The van der Waals surface area contributed by atoms with E-state index in [2.05, 4.69) is 30.5 Å². The lowest BCUT2D eigenvalue weighted by Crippen LogP contribution is -2.35. The molecule has 1 amide bonds. The molecule has 3 heterocycles. The number of aromatic nitrogens is 3. The lowest BCUT2D eigenvalue weighted by Gasteiger charge is -2.20. The molecule has 4 rings (SSSR count). The number of thioether (sulfide) groups is 1. The van der Waals surface area contributed by atoms with Crippen molar-refractivity contribution in [3.05, 3.63) is 47.9 Å². The maximum Gasteiger partial charge on any atom is 0.446 e. The molecule has 7 nitrogen and oxygen atoms in total. The maximum absolute atomic E-state index is 12.8. The Hall–Kier alpha value is -3.08. The van der Waals surface area contributed by atoms with Crippen LogP contribution in [0.15, 0.2) is 41.4 Å². The van der Waals surface area contributed by atoms with Crippen molar-refractivity contribution < 1.29 is 18.0 Å². The van der Waals surface area contributed by atoms with Crippen LogP contribution in [0.2, 0.25) is 0 Å². The molecule has 180 valence electrons. The van der Waals surface area contributed by atoms with Crippen molar-refractivity contribution in [3.8, 4) is 0 Å². The Labute approximate surface area is 199 Å². The van der Waals surface area contributed by atoms with Gasteiger partial charge in [-0.2, -0.15) is 13.2 Å². The van der Waals surface area contributed by atoms with Crippen LogP contribution in [0.25, 0.3) is 10.9 Å². The van der Waals surface area contributed by atoms with E-state index >= 15 is 0 Å². The summed E-state index contributed by atoms with van der Waals surface area (Å²) >= 11 is -0.130. The van der Waals surface area contributed by atoms with Crippen molar-refractivity contribution >= 4 is 40.2 Å². The fraction of sp³-hybridized carbons (Fsp3) is 0.391. The molecule has 0 unspecified atom stereocenters. The van der Waals surface area contributed by atoms with Crippen LogP contribution in [0.5, 0.6) is 0 Å². The number of hydrogen-bond donors (Lipinski definition) is 2. The highest BCUT2D eigenvalue weighted by molar-refractivity contribution is 8.00. The van der Waals surface area contributed by atoms with E-state index in [4.69, 9.17) is 0 Å². The highest BCUT2D eigenvalue weighted by atomic mass is 32.2. The Balaban J connectivity index is 1.59. The van der Waals surface area contributed by atoms with Crippen LogP contribution in [0.3, 0.4) is 0 Å². The van der Waals surface area contributed by atoms with Crippen LogP contribution in [-0.2, 0) is 4.79 Å². The molecule has 1 aromatic carbocycles. The van der Waals surface area contributed by atoms with Gasteiger partial charge in [-0.25, -0.2) is 15.0 Å². The third-order valence-electron chi connectivity index (χ3n) is 5.54. The second kappa shape index (κ2) is 9.65. The number of amides is 1. The van der Waals surface area contributed by atoms with Gasteiger partial charge in [0.2, 0.25) is 5.91 Å². The molecule has 1 aliphatic heterocycles. The van der Waals surface area contributed by atoms with Gasteiger partial charge in [0, 0.05) is 36.3 Å². The number of carbonyl (C=O) groups is 1. The highest BCUT2D eigenvalue weighted by Gasteiger charge is 2.29. The number of rotatable bonds is 6. The second-order valence-corrected chi connectivity index (χ2v) is 9.44. The van der Waals surface area contributed by atoms with Crippen LogP contribution in [0.4, 0.5) is 24.8 Å². The molecule has 2 N–H and O–H groups in total. The molecule has 1 fully saturated rings. The fourth-order valence-electron chi connectivity index (χ4n) is 4.06. The Morgan fingerprint density at radius 1 is 1.26 bits per heavy atom. The zero-order chi connectivity index (χ0) is 24.5. The number of hydrogen-bond acceptors (Lipinski definition) is 7. The monoisotopic (exact) mass is 490 g/mol. The number of alkyl halides is 3. The number of nitrogens with zero attached hydrogens (tertiary/aromatic N) is 4. The van der Waals surface area contributed by atoms with Crippen LogP contribution in [0, 0.1) is 6.92 Å². The average Bonchev–Trinajstić information content (AvgIpc) is 3.20. The first-order chi connectivity index (χ1) is 16.1. The van der Waals surface area contributed by atoms with Crippen LogP contribution in [-0.4, -0.2) is 45.5 Å². The van der Waals surface area contributed by atoms with E-state index in [0.29, 0.717) is 29.3 Å². The average molecular weight is 491 g/mol. The SMILES string of the molecule is CC(=O)N[C@@H]1CCN(c2cc3c(N[C@H](C)c4cccc(SC(F)(F)F)c4)nc(C)nc3cn2)C1. The minimum atomic E-state index is -4.34. The molecule has 0 saturated carbocycles. The normalized spacial score (nSPS) is 17.1. The third-order valence-corrected chi connectivity index (χ3v) is 6.27. The second-order valence-electron chi connectivity index (χ2n) is 8.30. The van der Waals surface area contributed by atoms with Gasteiger partial charge in [-0.1, -0.05) is 12.1 Å². The Morgan fingerprint density at radius 2 is 2.06 bits per heavy atom. The molecular formula is C23H25F3N6OS. The summed E-state index contributed by atoms with van der Waals surface area (Å²) in [6, 6.07) is 8.07. The molecule has 0 aliphatic carbocycles. The molecule has 0 radical (unpaired) electrons. The number of carbonyl (C=O) groups excluding carboxylic acids is 1. The van der Waals surface area contributed by atoms with Crippen LogP contribution >= 0.6 is 11.8 Å². The van der Waals surface area contributed by atoms with Gasteiger partial charge in [-0.15, -0.1) is 0 Å². The van der Waals surface area contributed by atoms with Gasteiger partial charge in [0.05, 0.1) is 17.8 Å². The van der Waals surface area contributed by atoms with E-state index in [9.17, 15) is 18.0 Å². The quantitative estimate of drug-likeness (QED) is 0.479. The highest BCUT2D eigenvalue weighted by Crippen LogP contribution is 2.38. The number of pyridine rings is 1. The van der Waals surface area contributed by atoms with E-state index in [0.717, 1.165) is 24.2 Å². The first-order valence-electron chi connectivity index (χ1n) is 10.9. The van der Waals surface area contributed by atoms with Gasteiger partial charge >= 0.3 is 5.51 Å². The van der Waals surface area contributed by atoms with Crippen molar-refractivity contribution in [1.82, 2.24) is 20.3 Å². The summed E-state index contributed by atoms with van der Waals surface area (Å²) in [5.41, 5.74) is -2.96. The van der Waals surface area contributed by atoms with Crippen molar-refractivity contribution in [2.75, 3.05) is 23.3 Å². The van der Waals surface area contributed by atoms with Crippen molar-refractivity contribution in [2.45, 2.75) is 49.7 Å². The number of fused-ring (bicyclic) bond motifs is 1. The standard InChI is InChI=1S/C23H25F3N6OS/c1-13(16-5-4-6-18(9-16)34-23(24,25)26)28-22-19-10-21(27-11-20(19)29-14(2)30-22)32-8-7-17(12-32)31-15(3)33/h4-6,9-11,13,17H,7-8,12H2,1-3H3,(H,31,33)(H,28,29,30)/t13-,17-/m1/s1. The summed E-state index contributed by atoms with van der Waals surface area (Å²) in [5, 5.41) is 7.05. The van der Waals surface area contributed by atoms with Crippen molar-refractivity contribution in [3.63, 3.8) is 0 Å². The lowest BCUT2D eigenvalue weighted by atomic mass is 10.1. The van der Waals surface area contributed by atoms with Gasteiger partial charge < -0.3 is 15.5 Å². The molecule has 2 atom stereocenters. The van der Waals surface area contributed by atoms with Crippen LogP contribution < -0.4 is 15.5 Å². The molecule has 2 aromatic heterocycles. The van der Waals surface area contributed by atoms with E-state index in [1.54, 1.807) is 25.3 Å². The molecule has 11 heteroatoms. The predicted molar refractivity (Wildman–Crippen MR) is 127 cm³/mol. The molecule has 0 spiro atoms. The van der Waals surface area contributed by atoms with Gasteiger partial charge in [0.1, 0.15) is 17.5 Å². The van der Waals surface area contributed by atoms with Gasteiger partial charge in [-0.3, -0.25) is 4.79 Å². The first kappa shape index (κ1) is 24.1. The number of aryl methyl sites for hydroxylation is 1. The van der Waals surface area contributed by atoms with Crippen molar-refractivity contribution in [1.29, 1.82) is 0 Å². The van der Waals surface area contributed by atoms with Gasteiger partial charge in [0.15, 0.2) is 0 Å². The molecule has 1 saturated heterocycles. The van der Waals surface area contributed by atoms with Crippen molar-refractivity contribution in [2.24, 2.45) is 0 Å². The van der Waals surface area contributed by atoms with E-state index in [1.807, 2.05) is 13.0 Å². The Morgan fingerprint density at radius 3 is 2.79 bits per heavy atom. The summed E-state index contributed by atoms with van der Waals surface area (Å²) in [4.78, 5) is 27.2. The summed E-state index contributed by atoms with van der Waals surface area (Å²) < 4.78 is 38.4. The summed E-state index contributed by atoms with van der Waals surface area (Å²) in [7, 11) is 0. The topological polar surface area (TPSA) is 83.0 Å². The minimum absolute atomic E-state index is 0.0552.